The Labute approximate surface area is 103 Å². The van der Waals surface area contributed by atoms with E-state index in [1.165, 1.54) is 6.07 Å². The largest absolute Gasteiger partial charge is 0.504 e. The van der Waals surface area contributed by atoms with Crippen LogP contribution in [0, 0.1) is 0 Å². The quantitative estimate of drug-likeness (QED) is 0.754. The molecule has 16 heavy (non-hydrogen) atoms. The van der Waals surface area contributed by atoms with Gasteiger partial charge in [-0.25, -0.2) is 0 Å². The number of rotatable bonds is 1. The van der Waals surface area contributed by atoms with Gasteiger partial charge in [0.05, 0.1) is 0 Å². The summed E-state index contributed by atoms with van der Waals surface area (Å²) in [4.78, 5) is 0. The maximum absolute atomic E-state index is 9.70. The van der Waals surface area contributed by atoms with Gasteiger partial charge in [-0.15, -0.1) is 0 Å². The van der Waals surface area contributed by atoms with Crippen molar-refractivity contribution in [3.8, 4) is 22.6 Å². The van der Waals surface area contributed by atoms with Crippen molar-refractivity contribution in [3.63, 3.8) is 0 Å². The van der Waals surface area contributed by atoms with Crippen LogP contribution in [-0.2, 0) is 0 Å². The van der Waals surface area contributed by atoms with E-state index in [1.807, 2.05) is 0 Å². The van der Waals surface area contributed by atoms with Gasteiger partial charge < -0.3 is 10.2 Å². The summed E-state index contributed by atoms with van der Waals surface area (Å²) in [6, 6.07) is 9.76. The third kappa shape index (κ3) is 2.08. The van der Waals surface area contributed by atoms with Crippen molar-refractivity contribution in [2.45, 2.75) is 0 Å². The lowest BCUT2D eigenvalue weighted by Gasteiger charge is -2.07. The first-order valence-corrected chi connectivity index (χ1v) is 5.31. The number of halogens is 2. The molecule has 0 fully saturated rings. The molecule has 0 spiro atoms. The minimum atomic E-state index is -0.238. The highest BCUT2D eigenvalue weighted by molar-refractivity contribution is 6.31. The van der Waals surface area contributed by atoms with Crippen molar-refractivity contribution in [1.82, 2.24) is 0 Å². The number of phenolic OH excluding ortho intramolecular Hbond substituents is 2. The lowest BCUT2D eigenvalue weighted by molar-refractivity contribution is 0.405. The van der Waals surface area contributed by atoms with Gasteiger partial charge in [0.25, 0.3) is 0 Å². The molecule has 0 atom stereocenters. The van der Waals surface area contributed by atoms with Crippen LogP contribution in [0.2, 0.25) is 10.0 Å². The van der Waals surface area contributed by atoms with E-state index in [9.17, 15) is 10.2 Å². The monoisotopic (exact) mass is 254 g/mol. The highest BCUT2D eigenvalue weighted by Crippen LogP contribution is 2.39. The molecule has 0 saturated heterocycles. The fourth-order valence-corrected chi connectivity index (χ4v) is 1.77. The number of benzene rings is 2. The van der Waals surface area contributed by atoms with Crippen LogP contribution in [0.3, 0.4) is 0 Å². The summed E-state index contributed by atoms with van der Waals surface area (Å²) >= 11 is 11.6. The molecule has 0 aromatic heterocycles. The molecule has 2 N–H and O–H groups in total. The zero-order valence-electron chi connectivity index (χ0n) is 8.11. The Kier molecular flexibility index (Phi) is 2.95. The molecule has 2 aromatic carbocycles. The molecule has 2 nitrogen and oxygen atoms in total. The Morgan fingerprint density at radius 3 is 2.06 bits per heavy atom. The highest BCUT2D eigenvalue weighted by Gasteiger charge is 2.10. The number of hydrogen-bond donors (Lipinski definition) is 2. The minimum Gasteiger partial charge on any atom is -0.504 e. The first-order chi connectivity index (χ1) is 7.58. The molecule has 4 heteroatoms. The van der Waals surface area contributed by atoms with E-state index in [1.54, 1.807) is 30.3 Å². The second-order valence-corrected chi connectivity index (χ2v) is 4.20. The van der Waals surface area contributed by atoms with Crippen LogP contribution in [0.5, 0.6) is 11.5 Å². The van der Waals surface area contributed by atoms with E-state index < -0.39 is 0 Å². The van der Waals surface area contributed by atoms with Crippen LogP contribution < -0.4 is 0 Å². The van der Waals surface area contributed by atoms with E-state index in [-0.39, 0.29) is 11.5 Å². The summed E-state index contributed by atoms with van der Waals surface area (Å²) < 4.78 is 0. The molecule has 0 radical (unpaired) electrons. The number of phenols is 2. The van der Waals surface area contributed by atoms with Crippen molar-refractivity contribution in [1.29, 1.82) is 0 Å². The van der Waals surface area contributed by atoms with E-state index in [0.717, 1.165) is 5.56 Å². The molecule has 0 bridgehead atoms. The zero-order valence-corrected chi connectivity index (χ0v) is 9.63. The van der Waals surface area contributed by atoms with Crippen LogP contribution in [0.1, 0.15) is 0 Å². The van der Waals surface area contributed by atoms with Crippen LogP contribution in [0.4, 0.5) is 0 Å². The molecule has 2 rings (SSSR count). The van der Waals surface area contributed by atoms with E-state index in [4.69, 9.17) is 23.2 Å². The van der Waals surface area contributed by atoms with Crippen molar-refractivity contribution >= 4 is 23.2 Å². The first kappa shape index (κ1) is 11.1. The third-order valence-electron chi connectivity index (χ3n) is 2.21. The zero-order chi connectivity index (χ0) is 11.7. The molecule has 0 aliphatic heterocycles. The van der Waals surface area contributed by atoms with Gasteiger partial charge in [-0.1, -0.05) is 35.3 Å². The Hall–Kier alpha value is -1.38. The highest BCUT2D eigenvalue weighted by atomic mass is 35.5. The van der Waals surface area contributed by atoms with Crippen LogP contribution in [0.15, 0.2) is 36.4 Å². The molecular weight excluding hydrogens is 247 g/mol. The summed E-state index contributed by atoms with van der Waals surface area (Å²) in [6.45, 7) is 0. The second-order valence-electron chi connectivity index (χ2n) is 3.33. The van der Waals surface area contributed by atoms with Gasteiger partial charge in [0, 0.05) is 21.7 Å². The molecule has 2 aromatic rings. The van der Waals surface area contributed by atoms with Crippen LogP contribution in [-0.4, -0.2) is 10.2 Å². The van der Waals surface area contributed by atoms with E-state index in [2.05, 4.69) is 0 Å². The molecule has 0 saturated carbocycles. The lowest BCUT2D eigenvalue weighted by atomic mass is 10.0. The van der Waals surface area contributed by atoms with Crippen LogP contribution >= 0.6 is 23.2 Å². The Balaban J connectivity index is 2.59. The van der Waals surface area contributed by atoms with Gasteiger partial charge in [-0.2, -0.15) is 0 Å². The SMILES string of the molecule is Oc1cc(Cl)cc(-c2ccc(Cl)cc2)c1O. The molecule has 82 valence electrons. The van der Waals surface area contributed by atoms with Gasteiger partial charge in [0.2, 0.25) is 0 Å². The maximum Gasteiger partial charge on any atom is 0.165 e. The fourth-order valence-electron chi connectivity index (χ4n) is 1.43. The average molecular weight is 255 g/mol. The van der Waals surface area contributed by atoms with Crippen molar-refractivity contribution in [3.05, 3.63) is 46.4 Å². The third-order valence-corrected chi connectivity index (χ3v) is 2.68. The first-order valence-electron chi connectivity index (χ1n) is 4.55. The number of aromatic hydroxyl groups is 2. The normalized spacial score (nSPS) is 10.4. The summed E-state index contributed by atoms with van der Waals surface area (Å²) in [5.74, 6) is -0.427. The fraction of sp³-hybridized carbons (Fsp3) is 0. The molecule has 0 aliphatic rings. The lowest BCUT2D eigenvalue weighted by Crippen LogP contribution is -1.80. The van der Waals surface area contributed by atoms with Gasteiger partial charge >= 0.3 is 0 Å². The van der Waals surface area contributed by atoms with Crippen molar-refractivity contribution in [2.75, 3.05) is 0 Å². The molecule has 0 aliphatic carbocycles. The standard InChI is InChI=1S/C12H8Cl2O2/c13-8-3-1-7(2-4-8)10-5-9(14)6-11(15)12(10)16/h1-6,15-16H. The predicted octanol–water partition coefficient (Wildman–Crippen LogP) is 4.07. The molecule has 0 heterocycles. The second kappa shape index (κ2) is 4.24. The molecule has 0 amide bonds. The van der Waals surface area contributed by atoms with Gasteiger partial charge in [-0.05, 0) is 23.8 Å². The van der Waals surface area contributed by atoms with Gasteiger partial charge in [0.1, 0.15) is 0 Å². The van der Waals surface area contributed by atoms with Gasteiger partial charge in [-0.3, -0.25) is 0 Å². The summed E-state index contributed by atoms with van der Waals surface area (Å²) in [5.41, 5.74) is 1.21. The van der Waals surface area contributed by atoms with Crippen LogP contribution in [0.25, 0.3) is 11.1 Å². The van der Waals surface area contributed by atoms with Gasteiger partial charge in [0.15, 0.2) is 11.5 Å². The summed E-state index contributed by atoms with van der Waals surface area (Å²) in [7, 11) is 0. The Morgan fingerprint density at radius 2 is 1.44 bits per heavy atom. The topological polar surface area (TPSA) is 40.5 Å². The van der Waals surface area contributed by atoms with Crippen molar-refractivity contribution in [2.24, 2.45) is 0 Å². The van der Waals surface area contributed by atoms with Crippen molar-refractivity contribution < 1.29 is 10.2 Å². The molecule has 0 unspecified atom stereocenters. The van der Waals surface area contributed by atoms with E-state index >= 15 is 0 Å². The summed E-state index contributed by atoms with van der Waals surface area (Å²) in [6.07, 6.45) is 0. The smallest absolute Gasteiger partial charge is 0.165 e. The Morgan fingerprint density at radius 1 is 0.812 bits per heavy atom. The minimum absolute atomic E-state index is 0.188. The number of hydrogen-bond acceptors (Lipinski definition) is 2. The maximum atomic E-state index is 9.70. The summed E-state index contributed by atoms with van der Waals surface area (Å²) in [5, 5.41) is 20.1. The average Bonchev–Trinajstić information content (AvgIpc) is 2.25. The predicted molar refractivity (Wildman–Crippen MR) is 65.2 cm³/mol. The van der Waals surface area contributed by atoms with E-state index in [0.29, 0.717) is 15.6 Å². The molecular formula is C12H8Cl2O2. The Bertz CT molecular complexity index is 521.